The average molecular weight is 1220 g/mol. The normalized spacial score (nSPS) is 13.6. The van der Waals surface area contributed by atoms with Crippen molar-refractivity contribution in [1.82, 2.24) is 0 Å². The third kappa shape index (κ3) is 26.7. The summed E-state index contributed by atoms with van der Waals surface area (Å²) < 4.78 is 0. The van der Waals surface area contributed by atoms with Crippen molar-refractivity contribution in [2.24, 2.45) is 0 Å². The van der Waals surface area contributed by atoms with Gasteiger partial charge in [-0.2, -0.15) is 0 Å². The summed E-state index contributed by atoms with van der Waals surface area (Å²) >= 11 is 3.59. The van der Waals surface area contributed by atoms with Gasteiger partial charge in [0.15, 0.2) is 12.6 Å². The van der Waals surface area contributed by atoms with Gasteiger partial charge in [0.25, 0.3) is 0 Å². The van der Waals surface area contributed by atoms with Gasteiger partial charge in [0.05, 0.1) is 9.75 Å². The van der Waals surface area contributed by atoms with Crippen molar-refractivity contribution in [2.75, 3.05) is 0 Å². The molecule has 0 unspecified atom stereocenters. The van der Waals surface area contributed by atoms with E-state index in [0.717, 1.165) is 22.3 Å². The van der Waals surface area contributed by atoms with Crippen LogP contribution in [0.3, 0.4) is 0 Å². The maximum absolute atomic E-state index is 12.9. The van der Waals surface area contributed by atoms with Crippen LogP contribution in [-0.2, 0) is 10.8 Å². The van der Waals surface area contributed by atoms with E-state index in [1.807, 2.05) is 0 Å². The maximum Gasteiger partial charge on any atom is 0.160 e. The van der Waals surface area contributed by atoms with Crippen LogP contribution in [0, 0.1) is 0 Å². The minimum Gasteiger partial charge on any atom is -0.297 e. The van der Waals surface area contributed by atoms with Gasteiger partial charge in [-0.25, -0.2) is 0 Å². The first-order valence-corrected chi connectivity index (χ1v) is 40.6. The molecule has 3 aromatic rings. The van der Waals surface area contributed by atoms with E-state index < -0.39 is 0 Å². The van der Waals surface area contributed by atoms with E-state index in [1.165, 1.54) is 417 Å². The summed E-state index contributed by atoms with van der Waals surface area (Å²) in [4.78, 5) is 30.4. The van der Waals surface area contributed by atoms with Crippen molar-refractivity contribution in [3.05, 3.63) is 56.3 Å². The number of carbonyl (C=O) groups is 2. The molecule has 2 aliphatic carbocycles. The molecule has 0 aliphatic heterocycles. The highest BCUT2D eigenvalue weighted by Crippen LogP contribution is 2.63. The van der Waals surface area contributed by atoms with Gasteiger partial charge >= 0.3 is 0 Å². The fourth-order valence-corrected chi connectivity index (χ4v) is 18.1. The fourth-order valence-electron chi connectivity index (χ4n) is 15.9. The molecule has 0 N–H and O–H groups in total. The molecule has 0 spiro atoms. The number of carbonyl (C=O) groups excluding carboxylic acids is 2. The molecular formula is C82H138O2S2. The quantitative estimate of drug-likeness (QED) is 0.0417. The standard InChI is InChI=1S/C82H138O2S2/c1-5-9-13-17-21-25-29-33-37-41-45-49-53-57-61-81(62-58-54-50-46-42-38-34-30-26-22-18-14-10-6-2)75-67-74-76(68-73(75)79-77(81)65-71(69-83)85-79)82(78-66-72(70-84)86-80(74)78,63-59-55-51-47-43-39-35-31-27-23-19-15-11-7-3)64-60-56-52-48-44-40-36-32-28-24-20-16-12-8-4/h65-70H,5-64H2,1-4H3. The maximum atomic E-state index is 12.9. The molecule has 86 heavy (non-hydrogen) atoms. The predicted molar refractivity (Wildman–Crippen MR) is 385 cm³/mol. The van der Waals surface area contributed by atoms with Crippen molar-refractivity contribution in [1.29, 1.82) is 0 Å². The zero-order chi connectivity index (χ0) is 60.9. The fraction of sp³-hybridized carbons (Fsp3) is 0.805. The molecule has 5 rings (SSSR count). The molecule has 0 atom stereocenters. The van der Waals surface area contributed by atoms with Gasteiger partial charge in [-0.3, -0.25) is 9.59 Å². The Labute approximate surface area is 542 Å². The zero-order valence-electron chi connectivity index (χ0n) is 57.5. The van der Waals surface area contributed by atoms with E-state index >= 15 is 0 Å². The van der Waals surface area contributed by atoms with Gasteiger partial charge in [0, 0.05) is 20.6 Å². The van der Waals surface area contributed by atoms with Crippen LogP contribution in [0.15, 0.2) is 24.3 Å². The van der Waals surface area contributed by atoms with Crippen molar-refractivity contribution in [3.63, 3.8) is 0 Å². The second kappa shape index (κ2) is 47.8. The van der Waals surface area contributed by atoms with Crippen LogP contribution >= 0.6 is 22.7 Å². The summed E-state index contributed by atoms with van der Waals surface area (Å²) in [5.74, 6) is 0. The zero-order valence-corrected chi connectivity index (χ0v) is 59.2. The van der Waals surface area contributed by atoms with E-state index in [-0.39, 0.29) is 10.8 Å². The summed E-state index contributed by atoms with van der Waals surface area (Å²) in [6, 6.07) is 10.2. The van der Waals surface area contributed by atoms with Gasteiger partial charge in [0.2, 0.25) is 0 Å². The molecule has 0 saturated heterocycles. The molecule has 0 fully saturated rings. The number of rotatable bonds is 62. The van der Waals surface area contributed by atoms with Crippen LogP contribution in [0.2, 0.25) is 0 Å². The molecule has 2 heterocycles. The third-order valence-electron chi connectivity index (χ3n) is 21.3. The predicted octanol–water partition coefficient (Wildman–Crippen LogP) is 29.5. The highest BCUT2D eigenvalue weighted by atomic mass is 32.1. The third-order valence-corrected chi connectivity index (χ3v) is 23.5. The SMILES string of the molecule is CCCCCCCCCCCCCCCCC1(CCCCCCCCCCCCCCCC)c2cc3c(cc2-c2sc(C=O)cc21)C(CCCCCCCCCCCCCCCC)(CCCCCCCCCCCCCCCC)c1cc(C=O)sc1-3. The Kier molecular flexibility index (Phi) is 41.5. The Morgan fingerprint density at radius 1 is 0.244 bits per heavy atom. The number of thiophene rings is 2. The molecule has 1 aromatic carbocycles. The van der Waals surface area contributed by atoms with E-state index in [4.69, 9.17) is 0 Å². The van der Waals surface area contributed by atoms with Gasteiger partial charge in [-0.05, 0) is 83.3 Å². The van der Waals surface area contributed by atoms with Crippen LogP contribution in [0.1, 0.15) is 455 Å². The first kappa shape index (κ1) is 74.7. The van der Waals surface area contributed by atoms with Crippen LogP contribution in [0.5, 0.6) is 0 Å². The number of fused-ring (bicyclic) bond motifs is 6. The Balaban J connectivity index is 1.32. The summed E-state index contributed by atoms with van der Waals surface area (Å²) in [5.41, 5.74) is 8.89. The number of benzene rings is 1. The van der Waals surface area contributed by atoms with E-state index in [1.54, 1.807) is 33.8 Å². The molecule has 0 amide bonds. The molecular weight excluding hydrogens is 1080 g/mol. The van der Waals surface area contributed by atoms with Crippen LogP contribution in [-0.4, -0.2) is 12.6 Å². The molecule has 490 valence electrons. The Bertz CT molecular complexity index is 1920. The van der Waals surface area contributed by atoms with E-state index in [2.05, 4.69) is 52.0 Å². The van der Waals surface area contributed by atoms with Gasteiger partial charge < -0.3 is 0 Å². The van der Waals surface area contributed by atoms with Crippen molar-refractivity contribution in [2.45, 2.75) is 424 Å². The summed E-state index contributed by atoms with van der Waals surface area (Å²) in [7, 11) is 0. The summed E-state index contributed by atoms with van der Waals surface area (Å²) in [6.45, 7) is 9.27. The van der Waals surface area contributed by atoms with Gasteiger partial charge in [0.1, 0.15) is 0 Å². The summed E-state index contributed by atoms with van der Waals surface area (Å²) in [6.07, 6.45) is 84.4. The lowest BCUT2D eigenvalue weighted by Crippen LogP contribution is -2.27. The monoisotopic (exact) mass is 1220 g/mol. The number of hydrogen-bond acceptors (Lipinski definition) is 4. The lowest BCUT2D eigenvalue weighted by Gasteiger charge is -2.34. The number of aldehydes is 2. The van der Waals surface area contributed by atoms with Gasteiger partial charge in [-0.15, -0.1) is 22.7 Å². The van der Waals surface area contributed by atoms with Crippen LogP contribution in [0.25, 0.3) is 20.9 Å². The number of unbranched alkanes of at least 4 members (excludes halogenated alkanes) is 52. The topological polar surface area (TPSA) is 34.1 Å². The Morgan fingerprint density at radius 2 is 0.419 bits per heavy atom. The first-order chi connectivity index (χ1) is 42.5. The second-order valence-corrected chi connectivity index (χ2v) is 30.7. The molecule has 0 saturated carbocycles. The molecule has 0 bridgehead atoms. The van der Waals surface area contributed by atoms with Crippen molar-refractivity contribution in [3.8, 4) is 20.9 Å². The summed E-state index contributed by atoms with van der Waals surface area (Å²) in [5, 5.41) is 0. The Morgan fingerprint density at radius 3 is 0.593 bits per heavy atom. The molecule has 2 aliphatic rings. The van der Waals surface area contributed by atoms with Crippen LogP contribution < -0.4 is 0 Å². The van der Waals surface area contributed by atoms with E-state index in [9.17, 15) is 9.59 Å². The van der Waals surface area contributed by atoms with E-state index in [0.29, 0.717) is 0 Å². The minimum atomic E-state index is -0.0643. The second-order valence-electron chi connectivity index (χ2n) is 28.5. The first-order valence-electron chi connectivity index (χ1n) is 38.9. The molecule has 2 aromatic heterocycles. The highest BCUT2D eigenvalue weighted by molar-refractivity contribution is 7.17. The smallest absolute Gasteiger partial charge is 0.160 e. The van der Waals surface area contributed by atoms with Crippen molar-refractivity contribution < 1.29 is 9.59 Å². The van der Waals surface area contributed by atoms with Crippen molar-refractivity contribution >= 4 is 35.2 Å². The highest BCUT2D eigenvalue weighted by Gasteiger charge is 2.49. The molecule has 0 radical (unpaired) electrons. The average Bonchev–Trinajstić information content (AvgIpc) is 1.60. The lowest BCUT2D eigenvalue weighted by molar-refractivity contribution is 0.111. The molecule has 2 nitrogen and oxygen atoms in total. The minimum absolute atomic E-state index is 0.0643. The Hall–Kier alpha value is -2.04. The molecule has 4 heteroatoms. The van der Waals surface area contributed by atoms with Crippen LogP contribution in [0.4, 0.5) is 0 Å². The van der Waals surface area contributed by atoms with Gasteiger partial charge in [-0.1, -0.05) is 387 Å². The lowest BCUT2D eigenvalue weighted by atomic mass is 9.68. The largest absolute Gasteiger partial charge is 0.297 e. The number of hydrogen-bond donors (Lipinski definition) is 0.